The summed E-state index contributed by atoms with van der Waals surface area (Å²) in [4.78, 5) is 15.2. The Hall–Kier alpha value is -1.63. The summed E-state index contributed by atoms with van der Waals surface area (Å²) in [5.74, 6) is -0.825. The molecular formula is C14H19F3N2O2. The molecule has 0 radical (unpaired) electrons. The van der Waals surface area contributed by atoms with E-state index in [-0.39, 0.29) is 6.54 Å². The molecule has 1 aromatic heterocycles. The van der Waals surface area contributed by atoms with Crippen LogP contribution in [-0.4, -0.2) is 28.6 Å². The van der Waals surface area contributed by atoms with Crippen molar-refractivity contribution in [3.63, 3.8) is 0 Å². The average Bonchev–Trinajstić information content (AvgIpc) is 2.33. The SMILES string of the molecule is CC(O)CC(C)(C)CNC(=O)c1cccnc1C(F)(F)F. The molecule has 0 saturated heterocycles. The number of aliphatic hydroxyl groups is 1. The minimum atomic E-state index is -4.68. The first-order valence-electron chi connectivity index (χ1n) is 6.51. The summed E-state index contributed by atoms with van der Waals surface area (Å²) in [5, 5.41) is 11.8. The highest BCUT2D eigenvalue weighted by molar-refractivity contribution is 5.95. The van der Waals surface area contributed by atoms with E-state index < -0.39 is 34.9 Å². The zero-order valence-electron chi connectivity index (χ0n) is 12.2. The van der Waals surface area contributed by atoms with E-state index >= 15 is 0 Å². The summed E-state index contributed by atoms with van der Waals surface area (Å²) >= 11 is 0. The van der Waals surface area contributed by atoms with Crippen molar-refractivity contribution in [3.8, 4) is 0 Å². The second-order valence-electron chi connectivity index (χ2n) is 5.80. The Bertz CT molecular complexity index is 499. The molecule has 4 nitrogen and oxygen atoms in total. The van der Waals surface area contributed by atoms with Crippen LogP contribution in [0.15, 0.2) is 18.3 Å². The van der Waals surface area contributed by atoms with Crippen LogP contribution in [0.4, 0.5) is 13.2 Å². The standard InChI is InChI=1S/C14H19F3N2O2/c1-9(20)7-13(2,3)8-19-12(21)10-5-4-6-18-11(10)14(15,16)17/h4-6,9,20H,7-8H2,1-3H3,(H,19,21). The van der Waals surface area contributed by atoms with Crippen molar-refractivity contribution in [2.24, 2.45) is 5.41 Å². The summed E-state index contributed by atoms with van der Waals surface area (Å²) in [6, 6.07) is 2.37. The van der Waals surface area contributed by atoms with Crippen molar-refractivity contribution in [2.45, 2.75) is 39.5 Å². The van der Waals surface area contributed by atoms with Crippen LogP contribution in [0.25, 0.3) is 0 Å². The molecule has 1 heterocycles. The minimum absolute atomic E-state index is 0.156. The predicted octanol–water partition coefficient (Wildman–Crippen LogP) is 2.63. The fourth-order valence-electron chi connectivity index (χ4n) is 2.10. The van der Waals surface area contributed by atoms with Crippen LogP contribution >= 0.6 is 0 Å². The highest BCUT2D eigenvalue weighted by Crippen LogP contribution is 2.30. The molecule has 1 rings (SSSR count). The van der Waals surface area contributed by atoms with E-state index in [0.29, 0.717) is 6.42 Å². The number of aliphatic hydroxyl groups excluding tert-OH is 1. The number of hydrogen-bond acceptors (Lipinski definition) is 3. The Labute approximate surface area is 121 Å². The van der Waals surface area contributed by atoms with Gasteiger partial charge in [0.2, 0.25) is 0 Å². The number of rotatable bonds is 5. The van der Waals surface area contributed by atoms with Gasteiger partial charge in [-0.2, -0.15) is 13.2 Å². The van der Waals surface area contributed by atoms with Crippen LogP contribution in [0.1, 0.15) is 43.2 Å². The van der Waals surface area contributed by atoms with Crippen molar-refractivity contribution in [1.82, 2.24) is 10.3 Å². The molecule has 0 aliphatic carbocycles. The Morgan fingerprint density at radius 2 is 2.05 bits per heavy atom. The Morgan fingerprint density at radius 3 is 2.57 bits per heavy atom. The van der Waals surface area contributed by atoms with Gasteiger partial charge in [0.15, 0.2) is 5.69 Å². The van der Waals surface area contributed by atoms with E-state index in [1.807, 2.05) is 13.8 Å². The molecule has 0 bridgehead atoms. The lowest BCUT2D eigenvalue weighted by molar-refractivity contribution is -0.141. The smallest absolute Gasteiger partial charge is 0.393 e. The third-order valence-electron chi connectivity index (χ3n) is 2.90. The van der Waals surface area contributed by atoms with Gasteiger partial charge in [-0.25, -0.2) is 0 Å². The number of pyridine rings is 1. The molecule has 0 aromatic carbocycles. The van der Waals surface area contributed by atoms with Crippen LogP contribution in [0.3, 0.4) is 0 Å². The monoisotopic (exact) mass is 304 g/mol. The van der Waals surface area contributed by atoms with E-state index in [4.69, 9.17) is 0 Å². The highest BCUT2D eigenvalue weighted by atomic mass is 19.4. The Balaban J connectivity index is 2.82. The van der Waals surface area contributed by atoms with Gasteiger partial charge in [0.25, 0.3) is 5.91 Å². The summed E-state index contributed by atoms with van der Waals surface area (Å²) < 4.78 is 38.3. The van der Waals surface area contributed by atoms with Gasteiger partial charge in [0, 0.05) is 12.7 Å². The third-order valence-corrected chi connectivity index (χ3v) is 2.90. The molecule has 1 aromatic rings. The second-order valence-corrected chi connectivity index (χ2v) is 5.80. The first kappa shape index (κ1) is 17.4. The maximum atomic E-state index is 12.8. The van der Waals surface area contributed by atoms with E-state index in [9.17, 15) is 23.1 Å². The van der Waals surface area contributed by atoms with Crippen LogP contribution in [-0.2, 0) is 6.18 Å². The van der Waals surface area contributed by atoms with Crippen molar-refractivity contribution in [2.75, 3.05) is 6.54 Å². The topological polar surface area (TPSA) is 62.2 Å². The average molecular weight is 304 g/mol. The minimum Gasteiger partial charge on any atom is -0.393 e. The second kappa shape index (κ2) is 6.43. The molecule has 1 unspecified atom stereocenters. The van der Waals surface area contributed by atoms with Crippen molar-refractivity contribution >= 4 is 5.91 Å². The third kappa shape index (κ3) is 5.34. The van der Waals surface area contributed by atoms with Gasteiger partial charge in [-0.15, -0.1) is 0 Å². The van der Waals surface area contributed by atoms with E-state index in [1.54, 1.807) is 6.92 Å². The first-order valence-corrected chi connectivity index (χ1v) is 6.51. The van der Waals surface area contributed by atoms with Gasteiger partial charge < -0.3 is 10.4 Å². The molecule has 2 N–H and O–H groups in total. The summed E-state index contributed by atoms with van der Waals surface area (Å²) in [7, 11) is 0. The number of amides is 1. The molecule has 0 aliphatic heterocycles. The van der Waals surface area contributed by atoms with Gasteiger partial charge in [0.1, 0.15) is 0 Å². The fourth-order valence-corrected chi connectivity index (χ4v) is 2.10. The lowest BCUT2D eigenvalue weighted by atomic mass is 9.87. The van der Waals surface area contributed by atoms with Gasteiger partial charge >= 0.3 is 6.18 Å². The fraction of sp³-hybridized carbons (Fsp3) is 0.571. The van der Waals surface area contributed by atoms with E-state index in [0.717, 1.165) is 12.3 Å². The highest BCUT2D eigenvalue weighted by Gasteiger charge is 2.37. The lowest BCUT2D eigenvalue weighted by Gasteiger charge is -2.26. The number of nitrogens with one attached hydrogen (secondary N) is 1. The lowest BCUT2D eigenvalue weighted by Crippen LogP contribution is -2.36. The number of aromatic nitrogens is 1. The number of carbonyl (C=O) groups is 1. The first-order chi connectivity index (χ1) is 9.53. The number of alkyl halides is 3. The summed E-state index contributed by atoms with van der Waals surface area (Å²) in [6.45, 7) is 5.40. The molecule has 0 fully saturated rings. The van der Waals surface area contributed by atoms with Crippen LogP contribution in [0.2, 0.25) is 0 Å². The zero-order valence-corrected chi connectivity index (χ0v) is 12.2. The maximum absolute atomic E-state index is 12.8. The van der Waals surface area contributed by atoms with Crippen molar-refractivity contribution in [3.05, 3.63) is 29.6 Å². The summed E-state index contributed by atoms with van der Waals surface area (Å²) in [5.41, 5.74) is -2.13. The van der Waals surface area contributed by atoms with Gasteiger partial charge in [-0.3, -0.25) is 9.78 Å². The Morgan fingerprint density at radius 1 is 1.43 bits per heavy atom. The van der Waals surface area contributed by atoms with Crippen molar-refractivity contribution < 1.29 is 23.1 Å². The number of halogens is 3. The molecule has 0 spiro atoms. The van der Waals surface area contributed by atoms with Gasteiger partial charge in [0.05, 0.1) is 11.7 Å². The molecule has 1 atom stereocenters. The van der Waals surface area contributed by atoms with Crippen LogP contribution in [0, 0.1) is 5.41 Å². The number of carbonyl (C=O) groups excluding carboxylic acids is 1. The molecule has 21 heavy (non-hydrogen) atoms. The van der Waals surface area contributed by atoms with Crippen LogP contribution < -0.4 is 5.32 Å². The number of nitrogens with zero attached hydrogens (tertiary/aromatic N) is 1. The quantitative estimate of drug-likeness (QED) is 0.879. The zero-order chi connectivity index (χ0) is 16.3. The Kier molecular flexibility index (Phi) is 5.33. The van der Waals surface area contributed by atoms with Gasteiger partial charge in [-0.05, 0) is 30.9 Å². The number of hydrogen-bond donors (Lipinski definition) is 2. The normalized spacial score (nSPS) is 13.9. The molecule has 1 amide bonds. The van der Waals surface area contributed by atoms with E-state index in [2.05, 4.69) is 10.3 Å². The summed E-state index contributed by atoms with van der Waals surface area (Å²) in [6.07, 6.45) is -3.81. The molecular weight excluding hydrogens is 285 g/mol. The largest absolute Gasteiger partial charge is 0.434 e. The van der Waals surface area contributed by atoms with E-state index in [1.165, 1.54) is 6.07 Å². The van der Waals surface area contributed by atoms with Crippen LogP contribution in [0.5, 0.6) is 0 Å². The van der Waals surface area contributed by atoms with Gasteiger partial charge in [-0.1, -0.05) is 13.8 Å². The molecule has 0 saturated carbocycles. The predicted molar refractivity (Wildman–Crippen MR) is 71.7 cm³/mol. The molecule has 118 valence electrons. The maximum Gasteiger partial charge on any atom is 0.434 e. The van der Waals surface area contributed by atoms with Crippen molar-refractivity contribution in [1.29, 1.82) is 0 Å². The molecule has 0 aliphatic rings. The molecule has 7 heteroatoms.